The minimum absolute atomic E-state index is 0.201. The maximum absolute atomic E-state index is 12.9. The fraction of sp³-hybridized carbons (Fsp3) is 0.150. The van der Waals surface area contributed by atoms with Crippen molar-refractivity contribution in [3.8, 4) is 0 Å². The first-order chi connectivity index (χ1) is 12.9. The van der Waals surface area contributed by atoms with E-state index in [-0.39, 0.29) is 5.57 Å². The number of thiocarbonyl (C=S) groups is 1. The Bertz CT molecular complexity index is 954. The molecule has 0 saturated carbocycles. The highest BCUT2D eigenvalue weighted by Gasteiger charge is 2.36. The number of carbonyl (C=O) groups is 2. The maximum Gasteiger partial charge on any atom is 0.379 e. The number of methoxy groups -OCH3 is 1. The third-order valence-corrected chi connectivity index (χ3v) is 4.81. The number of hydrogen-bond donors (Lipinski definition) is 2. The lowest BCUT2D eigenvalue weighted by atomic mass is 9.89. The fourth-order valence-electron chi connectivity index (χ4n) is 2.90. The number of ketones is 1. The molecule has 0 radical (unpaired) electrons. The second-order valence-electron chi connectivity index (χ2n) is 6.03. The topological polar surface area (TPSA) is 67.4 Å². The van der Waals surface area contributed by atoms with Crippen molar-refractivity contribution in [2.75, 3.05) is 7.11 Å². The third-order valence-electron chi connectivity index (χ3n) is 4.24. The van der Waals surface area contributed by atoms with E-state index in [4.69, 9.17) is 23.8 Å². The van der Waals surface area contributed by atoms with Crippen molar-refractivity contribution < 1.29 is 14.3 Å². The summed E-state index contributed by atoms with van der Waals surface area (Å²) in [5.41, 5.74) is 3.10. The Morgan fingerprint density at radius 3 is 2.41 bits per heavy atom. The summed E-state index contributed by atoms with van der Waals surface area (Å²) in [7, 11) is 1.17. The van der Waals surface area contributed by atoms with Crippen LogP contribution in [0, 0.1) is 6.92 Å². The van der Waals surface area contributed by atoms with E-state index in [2.05, 4.69) is 15.4 Å². The van der Waals surface area contributed by atoms with E-state index >= 15 is 0 Å². The molecule has 0 spiro atoms. The molecule has 3 rings (SSSR count). The van der Waals surface area contributed by atoms with Gasteiger partial charge in [0.15, 0.2) is 5.11 Å². The molecule has 5 nitrogen and oxygen atoms in total. The van der Waals surface area contributed by atoms with Crippen LogP contribution in [0.15, 0.2) is 54.1 Å². The Balaban J connectivity index is 2.25. The molecule has 2 aromatic rings. The lowest BCUT2D eigenvalue weighted by Gasteiger charge is -2.31. The van der Waals surface area contributed by atoms with Crippen molar-refractivity contribution in [2.45, 2.75) is 13.0 Å². The number of hydrogen-bond acceptors (Lipinski definition) is 4. The molecule has 1 aliphatic heterocycles. The zero-order valence-corrected chi connectivity index (χ0v) is 16.3. The summed E-state index contributed by atoms with van der Waals surface area (Å²) in [5.74, 6) is -1.72. The second kappa shape index (κ2) is 7.90. The summed E-state index contributed by atoms with van der Waals surface area (Å²) >= 11 is 11.7. The van der Waals surface area contributed by atoms with Crippen LogP contribution in [0.3, 0.4) is 0 Å². The van der Waals surface area contributed by atoms with Crippen LogP contribution in [0.5, 0.6) is 0 Å². The van der Waals surface area contributed by atoms with E-state index in [9.17, 15) is 9.59 Å². The third kappa shape index (κ3) is 3.86. The molecule has 2 aromatic carbocycles. The predicted molar refractivity (Wildman–Crippen MR) is 108 cm³/mol. The van der Waals surface area contributed by atoms with Gasteiger partial charge in [-0.3, -0.25) is 4.79 Å². The summed E-state index contributed by atoms with van der Waals surface area (Å²) in [6.07, 6.45) is 0. The summed E-state index contributed by atoms with van der Waals surface area (Å²) in [6, 6.07) is 14.0. The van der Waals surface area contributed by atoms with Crippen molar-refractivity contribution in [3.63, 3.8) is 0 Å². The van der Waals surface area contributed by atoms with E-state index in [0.29, 0.717) is 21.4 Å². The van der Waals surface area contributed by atoms with Gasteiger partial charge in [0.1, 0.15) is 0 Å². The number of ether oxygens (including phenoxy) is 1. The summed E-state index contributed by atoms with van der Waals surface area (Å²) < 4.78 is 4.67. The second-order valence-corrected chi connectivity index (χ2v) is 6.84. The zero-order valence-electron chi connectivity index (χ0n) is 14.7. The molecule has 7 heteroatoms. The number of esters is 1. The molecule has 1 heterocycles. The van der Waals surface area contributed by atoms with Crippen LogP contribution >= 0.6 is 23.8 Å². The van der Waals surface area contributed by atoms with Crippen LogP contribution in [0.1, 0.15) is 22.7 Å². The van der Waals surface area contributed by atoms with Gasteiger partial charge >= 0.3 is 5.97 Å². The van der Waals surface area contributed by atoms with E-state index < -0.39 is 17.8 Å². The number of benzene rings is 2. The van der Waals surface area contributed by atoms with E-state index in [1.165, 1.54) is 7.11 Å². The lowest BCUT2D eigenvalue weighted by Crippen LogP contribution is -2.46. The average molecular weight is 401 g/mol. The zero-order chi connectivity index (χ0) is 19.6. The first-order valence-corrected chi connectivity index (χ1v) is 8.96. The number of carbonyl (C=O) groups excluding carboxylic acids is 2. The van der Waals surface area contributed by atoms with Crippen molar-refractivity contribution in [1.82, 2.24) is 10.6 Å². The van der Waals surface area contributed by atoms with Gasteiger partial charge in [-0.25, -0.2) is 4.79 Å². The van der Waals surface area contributed by atoms with Gasteiger partial charge in [-0.05, 0) is 36.3 Å². The largest absolute Gasteiger partial charge is 0.463 e. The minimum Gasteiger partial charge on any atom is -0.463 e. The number of halogens is 1. The highest BCUT2D eigenvalue weighted by Crippen LogP contribution is 2.35. The molecule has 0 bridgehead atoms. The molecule has 0 aliphatic carbocycles. The molecular weight excluding hydrogens is 384 g/mol. The van der Waals surface area contributed by atoms with Gasteiger partial charge < -0.3 is 15.4 Å². The predicted octanol–water partition coefficient (Wildman–Crippen LogP) is 3.32. The summed E-state index contributed by atoms with van der Waals surface area (Å²) in [5, 5.41) is 6.84. The Morgan fingerprint density at radius 2 is 1.78 bits per heavy atom. The summed E-state index contributed by atoms with van der Waals surface area (Å²) in [4.78, 5) is 24.9. The summed E-state index contributed by atoms with van der Waals surface area (Å²) in [6.45, 7) is 1.96. The van der Waals surface area contributed by atoms with Crippen LogP contribution in [0.2, 0.25) is 5.02 Å². The molecule has 0 saturated heterocycles. The van der Waals surface area contributed by atoms with Crippen molar-refractivity contribution in [3.05, 3.63) is 75.8 Å². The molecule has 138 valence electrons. The van der Waals surface area contributed by atoms with Gasteiger partial charge in [-0.15, -0.1) is 0 Å². The quantitative estimate of drug-likeness (QED) is 0.466. The minimum atomic E-state index is -0.955. The lowest BCUT2D eigenvalue weighted by molar-refractivity contribution is -0.150. The number of nitrogens with one attached hydrogen (secondary N) is 2. The Morgan fingerprint density at radius 1 is 1.11 bits per heavy atom. The van der Waals surface area contributed by atoms with Gasteiger partial charge in [-0.2, -0.15) is 0 Å². The number of Topliss-reactive ketones (excluding diaryl/α,β-unsaturated/α-hetero) is 1. The molecule has 0 fully saturated rings. The van der Waals surface area contributed by atoms with Crippen molar-refractivity contribution in [2.24, 2.45) is 0 Å². The highest BCUT2D eigenvalue weighted by atomic mass is 35.5. The van der Waals surface area contributed by atoms with Crippen molar-refractivity contribution in [1.29, 1.82) is 0 Å². The normalized spacial score (nSPS) is 16.4. The van der Waals surface area contributed by atoms with Gasteiger partial charge in [0.25, 0.3) is 5.78 Å². The molecule has 0 unspecified atom stereocenters. The van der Waals surface area contributed by atoms with Crippen LogP contribution in [-0.4, -0.2) is 24.0 Å². The van der Waals surface area contributed by atoms with Gasteiger partial charge in [0.2, 0.25) is 0 Å². The van der Waals surface area contributed by atoms with Gasteiger partial charge in [-0.1, -0.05) is 59.6 Å². The Kier molecular flexibility index (Phi) is 5.58. The van der Waals surface area contributed by atoms with E-state index in [1.807, 2.05) is 31.2 Å². The molecule has 27 heavy (non-hydrogen) atoms. The van der Waals surface area contributed by atoms with Gasteiger partial charge in [0, 0.05) is 5.02 Å². The molecule has 2 N–H and O–H groups in total. The molecule has 1 atom stereocenters. The van der Waals surface area contributed by atoms with Crippen LogP contribution in [0.25, 0.3) is 5.70 Å². The van der Waals surface area contributed by atoms with Crippen LogP contribution in [0.4, 0.5) is 0 Å². The average Bonchev–Trinajstić information content (AvgIpc) is 2.67. The highest BCUT2D eigenvalue weighted by molar-refractivity contribution is 7.80. The molecular formula is C20H17ClN2O3S. The van der Waals surface area contributed by atoms with Crippen LogP contribution < -0.4 is 10.6 Å². The Labute approximate surface area is 167 Å². The standard InChI is InChI=1S/C20H17ClN2O3S/c1-11-7-9-12(10-8-11)16-15(18(24)19(25)26-2)17(23-20(27)22-16)13-5-3-4-6-14(13)21/h3-10,17H,1-2H3,(H2,22,23,27)/t17-/m0/s1. The molecule has 0 aromatic heterocycles. The Hall–Kier alpha value is -2.70. The van der Waals surface area contributed by atoms with Gasteiger partial charge in [0.05, 0.1) is 24.4 Å². The molecule has 1 aliphatic rings. The molecule has 0 amide bonds. The monoisotopic (exact) mass is 400 g/mol. The first kappa shape index (κ1) is 19.1. The SMILES string of the molecule is COC(=O)C(=O)C1=C(c2ccc(C)cc2)NC(=S)N[C@H]1c1ccccc1Cl. The van der Waals surface area contributed by atoms with E-state index in [1.54, 1.807) is 24.3 Å². The smallest absolute Gasteiger partial charge is 0.379 e. The van der Waals surface area contributed by atoms with E-state index in [0.717, 1.165) is 11.1 Å². The number of rotatable bonds is 4. The first-order valence-electron chi connectivity index (χ1n) is 8.18. The van der Waals surface area contributed by atoms with Crippen molar-refractivity contribution >= 4 is 46.4 Å². The number of aryl methyl sites for hydroxylation is 1. The maximum atomic E-state index is 12.9. The fourth-order valence-corrected chi connectivity index (χ4v) is 3.37. The van der Waals surface area contributed by atoms with Crippen LogP contribution in [-0.2, 0) is 14.3 Å².